The first kappa shape index (κ1) is 21.5. The molecule has 0 bridgehead atoms. The van der Waals surface area contributed by atoms with Gasteiger partial charge < -0.3 is 14.9 Å². The van der Waals surface area contributed by atoms with Crippen LogP contribution in [0.5, 0.6) is 0 Å². The van der Waals surface area contributed by atoms with Crippen LogP contribution in [0.3, 0.4) is 0 Å². The van der Waals surface area contributed by atoms with Crippen LogP contribution in [-0.4, -0.2) is 34.1 Å². The molecule has 1 aliphatic heterocycles. The van der Waals surface area contributed by atoms with Crippen molar-refractivity contribution in [2.24, 2.45) is 34.5 Å². The molecule has 30 heavy (non-hydrogen) atoms. The molecule has 0 aromatic carbocycles. The van der Waals surface area contributed by atoms with Crippen molar-refractivity contribution in [1.82, 2.24) is 0 Å². The first-order chi connectivity index (χ1) is 14.1. The van der Waals surface area contributed by atoms with E-state index in [0.717, 1.165) is 37.0 Å². The van der Waals surface area contributed by atoms with E-state index in [1.54, 1.807) is 5.57 Å². The summed E-state index contributed by atoms with van der Waals surface area (Å²) in [6, 6.07) is 0. The summed E-state index contributed by atoms with van der Waals surface area (Å²) in [6.07, 6.45) is 10.8. The minimum absolute atomic E-state index is 0.0823. The molecule has 9 atom stereocenters. The van der Waals surface area contributed by atoms with E-state index in [1.165, 1.54) is 50.5 Å². The summed E-state index contributed by atoms with van der Waals surface area (Å²) >= 11 is 0. The van der Waals surface area contributed by atoms with Gasteiger partial charge in [-0.25, -0.2) is 0 Å². The van der Waals surface area contributed by atoms with E-state index in [1.807, 2.05) is 0 Å². The van der Waals surface area contributed by atoms with Crippen molar-refractivity contribution in [3.63, 3.8) is 0 Å². The zero-order valence-corrected chi connectivity index (χ0v) is 19.9. The summed E-state index contributed by atoms with van der Waals surface area (Å²) in [5.74, 6) is 2.76. The lowest BCUT2D eigenvalue weighted by Crippen LogP contribution is -2.57. The number of epoxide rings is 1. The summed E-state index contributed by atoms with van der Waals surface area (Å²) in [6.45, 7) is 12.1. The molecule has 3 nitrogen and oxygen atoms in total. The Morgan fingerprint density at radius 2 is 1.80 bits per heavy atom. The zero-order chi connectivity index (χ0) is 21.5. The number of aliphatic hydroxyl groups excluding tert-OH is 2. The van der Waals surface area contributed by atoms with Gasteiger partial charge in [0.2, 0.25) is 0 Å². The normalized spacial score (nSPS) is 50.6. The van der Waals surface area contributed by atoms with E-state index < -0.39 is 6.10 Å². The van der Waals surface area contributed by atoms with Crippen LogP contribution in [0.15, 0.2) is 11.1 Å². The fraction of sp³-hybridized carbons (Fsp3) is 0.926. The van der Waals surface area contributed by atoms with Crippen LogP contribution in [0, 0.1) is 34.5 Å². The lowest BCUT2D eigenvalue weighted by atomic mass is 9.48. The molecule has 1 saturated heterocycles. The van der Waals surface area contributed by atoms with Crippen LogP contribution in [0.1, 0.15) is 98.8 Å². The van der Waals surface area contributed by atoms with Crippen molar-refractivity contribution in [3.8, 4) is 0 Å². The third kappa shape index (κ3) is 2.80. The van der Waals surface area contributed by atoms with E-state index in [2.05, 4.69) is 34.6 Å². The second-order valence-corrected chi connectivity index (χ2v) is 12.6. The number of aliphatic hydroxyl groups is 2. The Bertz CT molecular complexity index is 728. The summed E-state index contributed by atoms with van der Waals surface area (Å²) in [7, 11) is 0. The highest BCUT2D eigenvalue weighted by atomic mass is 16.6. The van der Waals surface area contributed by atoms with Gasteiger partial charge in [-0.1, -0.05) is 59.5 Å². The molecule has 0 aromatic heterocycles. The van der Waals surface area contributed by atoms with Gasteiger partial charge in [0.05, 0.1) is 6.10 Å². The van der Waals surface area contributed by atoms with Gasteiger partial charge in [0.25, 0.3) is 0 Å². The number of ether oxygens (including phenoxy) is 1. The van der Waals surface area contributed by atoms with E-state index in [9.17, 15) is 10.2 Å². The smallest absolute Gasteiger partial charge is 0.118 e. The van der Waals surface area contributed by atoms with Gasteiger partial charge in [0, 0.05) is 11.8 Å². The number of hydrogen-bond donors (Lipinski definition) is 2. The summed E-state index contributed by atoms with van der Waals surface area (Å²) < 4.78 is 6.33. The van der Waals surface area contributed by atoms with E-state index in [0.29, 0.717) is 5.92 Å². The molecule has 0 radical (unpaired) electrons. The van der Waals surface area contributed by atoms with Crippen molar-refractivity contribution in [3.05, 3.63) is 11.1 Å². The fourth-order valence-electron chi connectivity index (χ4n) is 8.89. The minimum Gasteiger partial charge on any atom is -0.393 e. The summed E-state index contributed by atoms with van der Waals surface area (Å²) in [5.41, 5.74) is 3.08. The third-order valence-corrected chi connectivity index (χ3v) is 10.6. The molecule has 4 fully saturated rings. The van der Waals surface area contributed by atoms with E-state index in [4.69, 9.17) is 4.74 Å². The van der Waals surface area contributed by atoms with Crippen molar-refractivity contribution in [2.75, 3.05) is 0 Å². The van der Waals surface area contributed by atoms with Gasteiger partial charge >= 0.3 is 0 Å². The molecule has 1 spiro atoms. The first-order valence-corrected chi connectivity index (χ1v) is 12.9. The van der Waals surface area contributed by atoms with E-state index in [-0.39, 0.29) is 28.6 Å². The fourth-order valence-corrected chi connectivity index (χ4v) is 8.89. The van der Waals surface area contributed by atoms with Gasteiger partial charge in [-0.15, -0.1) is 0 Å². The molecular weight excluding hydrogens is 372 g/mol. The number of allylic oxidation sites excluding steroid dienone is 1. The maximum Gasteiger partial charge on any atom is 0.118 e. The van der Waals surface area contributed by atoms with Crippen molar-refractivity contribution >= 4 is 0 Å². The van der Waals surface area contributed by atoms with Crippen LogP contribution < -0.4 is 0 Å². The Labute approximate surface area is 183 Å². The molecular formula is C27H44O3. The molecule has 5 rings (SSSR count). The van der Waals surface area contributed by atoms with Crippen molar-refractivity contribution < 1.29 is 14.9 Å². The molecule has 3 heteroatoms. The SMILES string of the molecule is CC(C)CCCC(C)[C@H]1CCC2=C3[C@H](O)[C@@H]4OC45C[C@@H](O)CC[C@]5(C)[C@H]3CC[C@@]21C. The minimum atomic E-state index is -0.446. The van der Waals surface area contributed by atoms with Gasteiger partial charge in [-0.05, 0) is 73.2 Å². The lowest BCUT2D eigenvalue weighted by molar-refractivity contribution is -0.0516. The summed E-state index contributed by atoms with van der Waals surface area (Å²) in [4.78, 5) is 0. The third-order valence-electron chi connectivity index (χ3n) is 10.6. The maximum atomic E-state index is 11.5. The monoisotopic (exact) mass is 416 g/mol. The Hall–Kier alpha value is -0.380. The van der Waals surface area contributed by atoms with E-state index >= 15 is 0 Å². The standard InChI is InChI=1S/C27H44O3/c1-16(2)7-6-8-17(3)19-9-10-20-22-21(12-13-25(19,20)4)26(5)14-11-18(28)15-27(26)24(30-27)23(22)29/h16-19,21,23-24,28-29H,6-15H2,1-5H3/t17?,18-,19+,21-,23-,24-,25+,26+,27?/m0/s1. The highest BCUT2D eigenvalue weighted by Crippen LogP contribution is 2.72. The Morgan fingerprint density at radius 3 is 2.53 bits per heavy atom. The highest BCUT2D eigenvalue weighted by molar-refractivity contribution is 5.43. The average Bonchev–Trinajstić information content (AvgIpc) is 3.29. The molecule has 2 N–H and O–H groups in total. The first-order valence-electron chi connectivity index (χ1n) is 12.9. The number of rotatable bonds is 5. The van der Waals surface area contributed by atoms with Gasteiger partial charge in [0.15, 0.2) is 0 Å². The molecule has 2 unspecified atom stereocenters. The highest BCUT2D eigenvalue weighted by Gasteiger charge is 2.77. The molecule has 3 saturated carbocycles. The van der Waals surface area contributed by atoms with Gasteiger partial charge in [0.1, 0.15) is 17.8 Å². The molecule has 0 amide bonds. The molecule has 4 aliphatic carbocycles. The number of hydrogen-bond acceptors (Lipinski definition) is 3. The zero-order valence-electron chi connectivity index (χ0n) is 19.9. The molecule has 170 valence electrons. The van der Waals surface area contributed by atoms with Crippen LogP contribution >= 0.6 is 0 Å². The Morgan fingerprint density at radius 1 is 1.03 bits per heavy atom. The number of fused-ring (bicyclic) bond motifs is 3. The molecule has 1 heterocycles. The maximum absolute atomic E-state index is 11.5. The average molecular weight is 417 g/mol. The van der Waals surface area contributed by atoms with Crippen LogP contribution in [0.2, 0.25) is 0 Å². The largest absolute Gasteiger partial charge is 0.393 e. The summed E-state index contributed by atoms with van der Waals surface area (Å²) in [5, 5.41) is 21.8. The molecule has 0 aromatic rings. The Kier molecular flexibility index (Phi) is 5.05. The van der Waals surface area contributed by atoms with Crippen LogP contribution in [0.4, 0.5) is 0 Å². The van der Waals surface area contributed by atoms with Gasteiger partial charge in [-0.2, -0.15) is 0 Å². The van der Waals surface area contributed by atoms with Crippen LogP contribution in [-0.2, 0) is 4.74 Å². The Balaban J connectivity index is 1.44. The molecule has 5 aliphatic rings. The lowest BCUT2D eigenvalue weighted by Gasteiger charge is -2.56. The second-order valence-electron chi connectivity index (χ2n) is 12.6. The van der Waals surface area contributed by atoms with Gasteiger partial charge in [-0.3, -0.25) is 0 Å². The van der Waals surface area contributed by atoms with Crippen molar-refractivity contribution in [1.29, 1.82) is 0 Å². The predicted molar refractivity (Wildman–Crippen MR) is 120 cm³/mol. The van der Waals surface area contributed by atoms with Crippen molar-refractivity contribution in [2.45, 2.75) is 123 Å². The van der Waals surface area contributed by atoms with Crippen LogP contribution in [0.25, 0.3) is 0 Å². The topological polar surface area (TPSA) is 53.0 Å². The quantitative estimate of drug-likeness (QED) is 0.451. The predicted octanol–water partition coefficient (Wildman–Crippen LogP) is 5.63. The second kappa shape index (κ2) is 7.06.